The van der Waals surface area contributed by atoms with E-state index in [4.69, 9.17) is 14.7 Å². The molecular formula is C11H14N2O2. The van der Waals surface area contributed by atoms with Gasteiger partial charge in [-0.3, -0.25) is 0 Å². The van der Waals surface area contributed by atoms with Crippen LogP contribution in [0.3, 0.4) is 0 Å². The lowest BCUT2D eigenvalue weighted by atomic mass is 10.2. The molecule has 4 heteroatoms. The van der Waals surface area contributed by atoms with Crippen molar-refractivity contribution in [2.24, 2.45) is 0 Å². The van der Waals surface area contributed by atoms with Crippen molar-refractivity contribution in [3.05, 3.63) is 29.6 Å². The summed E-state index contributed by atoms with van der Waals surface area (Å²) in [4.78, 5) is 3.89. The summed E-state index contributed by atoms with van der Waals surface area (Å²) in [5.74, 6) is 0. The average molecular weight is 206 g/mol. The van der Waals surface area contributed by atoms with Crippen LogP contribution in [0, 0.1) is 11.3 Å². The van der Waals surface area contributed by atoms with Gasteiger partial charge in [-0.15, -0.1) is 0 Å². The molecule has 4 nitrogen and oxygen atoms in total. The topological polar surface area (TPSA) is 55.1 Å². The average Bonchev–Trinajstić information content (AvgIpc) is 2.29. The Morgan fingerprint density at radius 1 is 1.40 bits per heavy atom. The second kappa shape index (κ2) is 6.12. The summed E-state index contributed by atoms with van der Waals surface area (Å²) in [6, 6.07) is 5.45. The van der Waals surface area contributed by atoms with Crippen LogP contribution in [0.5, 0.6) is 0 Å². The molecule has 0 N–H and O–H groups in total. The summed E-state index contributed by atoms with van der Waals surface area (Å²) in [6.45, 7) is 4.93. The Hall–Kier alpha value is -1.44. The van der Waals surface area contributed by atoms with E-state index in [-0.39, 0.29) is 0 Å². The Morgan fingerprint density at radius 2 is 2.07 bits per heavy atom. The molecule has 0 amide bonds. The van der Waals surface area contributed by atoms with Crippen molar-refractivity contribution in [3.8, 4) is 6.07 Å². The van der Waals surface area contributed by atoms with Gasteiger partial charge >= 0.3 is 0 Å². The third kappa shape index (κ3) is 3.31. The van der Waals surface area contributed by atoms with Crippen LogP contribution in [0.2, 0.25) is 0 Å². The third-order valence-corrected chi connectivity index (χ3v) is 1.81. The first kappa shape index (κ1) is 11.6. The number of hydrogen-bond acceptors (Lipinski definition) is 4. The van der Waals surface area contributed by atoms with Gasteiger partial charge in [0, 0.05) is 25.0 Å². The van der Waals surface area contributed by atoms with Gasteiger partial charge < -0.3 is 9.47 Å². The van der Waals surface area contributed by atoms with E-state index in [0.717, 1.165) is 5.56 Å². The van der Waals surface area contributed by atoms with Crippen LogP contribution in [-0.2, 0) is 9.47 Å². The number of rotatable bonds is 5. The van der Waals surface area contributed by atoms with Crippen molar-refractivity contribution in [3.63, 3.8) is 0 Å². The first-order chi connectivity index (χ1) is 7.31. The Morgan fingerprint density at radius 3 is 2.60 bits per heavy atom. The van der Waals surface area contributed by atoms with Crippen molar-refractivity contribution in [1.82, 2.24) is 4.98 Å². The van der Waals surface area contributed by atoms with Crippen molar-refractivity contribution in [2.45, 2.75) is 20.1 Å². The van der Waals surface area contributed by atoms with Crippen molar-refractivity contribution in [2.75, 3.05) is 13.2 Å². The number of nitriles is 1. The summed E-state index contributed by atoms with van der Waals surface area (Å²) in [7, 11) is 0. The van der Waals surface area contributed by atoms with Crippen LogP contribution in [0.25, 0.3) is 0 Å². The maximum Gasteiger partial charge on any atom is 0.183 e. The molecule has 0 fully saturated rings. The molecule has 0 spiro atoms. The zero-order valence-corrected chi connectivity index (χ0v) is 8.93. The van der Waals surface area contributed by atoms with Crippen LogP contribution in [-0.4, -0.2) is 18.2 Å². The molecule has 15 heavy (non-hydrogen) atoms. The maximum atomic E-state index is 8.71. The number of ether oxygens (including phenoxy) is 2. The van der Waals surface area contributed by atoms with Crippen molar-refractivity contribution < 1.29 is 9.47 Å². The predicted molar refractivity (Wildman–Crippen MR) is 54.9 cm³/mol. The number of hydrogen-bond donors (Lipinski definition) is 0. The van der Waals surface area contributed by atoms with Crippen molar-refractivity contribution >= 4 is 0 Å². The lowest BCUT2D eigenvalue weighted by Gasteiger charge is -2.16. The minimum Gasteiger partial charge on any atom is -0.349 e. The standard InChI is InChI=1S/C11H14N2O2/c1-3-14-11(15-4-2)9-5-6-13-10(7-9)8-12/h5-7,11H,3-4H2,1-2H3. The normalized spacial score (nSPS) is 10.3. The van der Waals surface area contributed by atoms with Crippen LogP contribution in [0.15, 0.2) is 18.3 Å². The zero-order chi connectivity index (χ0) is 11.1. The smallest absolute Gasteiger partial charge is 0.183 e. The molecule has 1 aromatic rings. The lowest BCUT2D eigenvalue weighted by molar-refractivity contribution is -0.140. The molecule has 0 unspecified atom stereocenters. The van der Waals surface area contributed by atoms with Gasteiger partial charge in [-0.25, -0.2) is 4.98 Å². The molecule has 80 valence electrons. The molecule has 1 heterocycles. The van der Waals surface area contributed by atoms with Gasteiger partial charge in [-0.1, -0.05) is 0 Å². The Balaban J connectivity index is 2.85. The monoisotopic (exact) mass is 206 g/mol. The molecule has 0 atom stereocenters. The molecule has 0 aliphatic carbocycles. The minimum atomic E-state index is -0.407. The van der Waals surface area contributed by atoms with Crippen LogP contribution in [0.1, 0.15) is 31.4 Å². The number of pyridine rings is 1. The van der Waals surface area contributed by atoms with Gasteiger partial charge in [-0.05, 0) is 26.0 Å². The Labute approximate surface area is 89.5 Å². The van der Waals surface area contributed by atoms with Gasteiger partial charge in [-0.2, -0.15) is 5.26 Å². The zero-order valence-electron chi connectivity index (χ0n) is 8.93. The van der Waals surface area contributed by atoms with Gasteiger partial charge in [0.05, 0.1) is 0 Å². The summed E-state index contributed by atoms with van der Waals surface area (Å²) in [6.07, 6.45) is 1.17. The fourth-order valence-corrected chi connectivity index (χ4v) is 1.20. The second-order valence-electron chi connectivity index (χ2n) is 2.83. The molecule has 0 saturated carbocycles. The molecule has 0 bridgehead atoms. The predicted octanol–water partition coefficient (Wildman–Crippen LogP) is 2.02. The fourth-order valence-electron chi connectivity index (χ4n) is 1.20. The second-order valence-corrected chi connectivity index (χ2v) is 2.83. The van der Waals surface area contributed by atoms with Crippen LogP contribution in [0.4, 0.5) is 0 Å². The van der Waals surface area contributed by atoms with Crippen LogP contribution >= 0.6 is 0 Å². The molecule has 0 aliphatic rings. The highest BCUT2D eigenvalue weighted by Gasteiger charge is 2.11. The van der Waals surface area contributed by atoms with Crippen molar-refractivity contribution in [1.29, 1.82) is 5.26 Å². The van der Waals surface area contributed by atoms with Gasteiger partial charge in [0.2, 0.25) is 0 Å². The summed E-state index contributed by atoms with van der Waals surface area (Å²) in [5.41, 5.74) is 1.20. The van der Waals surface area contributed by atoms with E-state index >= 15 is 0 Å². The summed E-state index contributed by atoms with van der Waals surface area (Å²) >= 11 is 0. The largest absolute Gasteiger partial charge is 0.349 e. The van der Waals surface area contributed by atoms with E-state index in [1.54, 1.807) is 18.3 Å². The van der Waals surface area contributed by atoms with Gasteiger partial charge in [0.25, 0.3) is 0 Å². The Kier molecular flexibility index (Phi) is 4.75. The quantitative estimate of drug-likeness (QED) is 0.691. The molecular weight excluding hydrogens is 192 g/mol. The first-order valence-electron chi connectivity index (χ1n) is 4.91. The highest BCUT2D eigenvalue weighted by molar-refractivity contribution is 5.26. The fraction of sp³-hybridized carbons (Fsp3) is 0.455. The van der Waals surface area contributed by atoms with E-state index in [1.807, 2.05) is 19.9 Å². The molecule has 0 aromatic carbocycles. The Bertz CT molecular complexity index is 341. The van der Waals surface area contributed by atoms with Gasteiger partial charge in [0.15, 0.2) is 6.29 Å². The number of aromatic nitrogens is 1. The van der Waals surface area contributed by atoms with Gasteiger partial charge in [0.1, 0.15) is 11.8 Å². The minimum absolute atomic E-state index is 0.372. The van der Waals surface area contributed by atoms with E-state index in [2.05, 4.69) is 4.98 Å². The molecule has 0 radical (unpaired) electrons. The highest BCUT2D eigenvalue weighted by atomic mass is 16.7. The molecule has 1 rings (SSSR count). The van der Waals surface area contributed by atoms with E-state index in [1.165, 1.54) is 0 Å². The van der Waals surface area contributed by atoms with E-state index < -0.39 is 6.29 Å². The number of nitrogens with zero attached hydrogens (tertiary/aromatic N) is 2. The molecule has 0 saturated heterocycles. The van der Waals surface area contributed by atoms with E-state index in [0.29, 0.717) is 18.9 Å². The third-order valence-electron chi connectivity index (χ3n) is 1.81. The molecule has 1 aromatic heterocycles. The first-order valence-corrected chi connectivity index (χ1v) is 4.91. The van der Waals surface area contributed by atoms with Crippen LogP contribution < -0.4 is 0 Å². The summed E-state index contributed by atoms with van der Waals surface area (Å²) in [5, 5.41) is 8.71. The highest BCUT2D eigenvalue weighted by Crippen LogP contribution is 2.18. The SMILES string of the molecule is CCOC(OCC)c1ccnc(C#N)c1. The lowest BCUT2D eigenvalue weighted by Crippen LogP contribution is -2.09. The molecule has 0 aliphatic heterocycles. The summed E-state index contributed by atoms with van der Waals surface area (Å²) < 4.78 is 10.8. The van der Waals surface area contributed by atoms with E-state index in [9.17, 15) is 0 Å². The maximum absolute atomic E-state index is 8.71.